The minimum absolute atomic E-state index is 0.0135. The molecule has 0 saturated heterocycles. The summed E-state index contributed by atoms with van der Waals surface area (Å²) in [4.78, 5) is 17.6. The Bertz CT molecular complexity index is 1030. The Morgan fingerprint density at radius 2 is 1.94 bits per heavy atom. The van der Waals surface area contributed by atoms with Crippen molar-refractivity contribution in [2.45, 2.75) is 83.6 Å². The summed E-state index contributed by atoms with van der Waals surface area (Å²) in [6.07, 6.45) is 10.3. The molecule has 0 unspecified atom stereocenters. The fourth-order valence-corrected chi connectivity index (χ4v) is 4.63. The lowest BCUT2D eigenvalue weighted by atomic mass is 9.70. The molecule has 0 bridgehead atoms. The first-order chi connectivity index (χ1) is 16.2. The number of rotatable bonds is 8. The average molecular weight is 459 g/mol. The van der Waals surface area contributed by atoms with Crippen molar-refractivity contribution >= 4 is 25.3 Å². The van der Waals surface area contributed by atoms with E-state index in [-0.39, 0.29) is 11.9 Å². The number of hydrogen-bond acceptors (Lipinski definition) is 4. The predicted octanol–water partition coefficient (Wildman–Crippen LogP) is 4.43. The molecule has 34 heavy (non-hydrogen) atoms. The number of imidazole rings is 1. The maximum Gasteiger partial charge on any atom is 0.251 e. The molecule has 2 radical (unpaired) electrons. The van der Waals surface area contributed by atoms with Gasteiger partial charge in [-0.3, -0.25) is 9.36 Å². The molecule has 1 aliphatic heterocycles. The first-order valence-corrected chi connectivity index (χ1v) is 12.7. The van der Waals surface area contributed by atoms with Crippen LogP contribution in [0, 0.1) is 5.92 Å². The summed E-state index contributed by atoms with van der Waals surface area (Å²) < 4.78 is 2.17. The van der Waals surface area contributed by atoms with E-state index >= 15 is 0 Å². The topological polar surface area (TPSA) is 71.0 Å². The maximum atomic E-state index is 12.8. The molecular weight excluding hydrogens is 421 g/mol. The lowest BCUT2D eigenvalue weighted by molar-refractivity contribution is 0.0925. The Hall–Kier alpha value is -2.70. The highest BCUT2D eigenvalue weighted by Crippen LogP contribution is 2.26. The second-order valence-corrected chi connectivity index (χ2v) is 10.8. The third-order valence-electron chi connectivity index (χ3n) is 6.66. The first kappa shape index (κ1) is 24.4. The third-order valence-corrected chi connectivity index (χ3v) is 6.66. The lowest BCUT2D eigenvalue weighted by Gasteiger charge is -2.32. The first-order valence-electron chi connectivity index (χ1n) is 12.7. The van der Waals surface area contributed by atoms with Crippen molar-refractivity contribution < 1.29 is 4.79 Å². The molecule has 7 heteroatoms. The monoisotopic (exact) mass is 459 g/mol. The molecule has 1 aliphatic carbocycles. The standard InChI is InChI=1S/C27H38BN5O/c1-18(2)16-29-22-8-5-7-19(15-22)26(34)31-21-13-11-20(12-14-21)30-24-9-6-10-25-32-23(17-33(24)25)27(3,4)28/h5,7-9,15,17-18,20-21,29-30H,6,10-14,16H2,1-4H3,(H,31,34). The van der Waals surface area contributed by atoms with E-state index in [0.717, 1.165) is 68.1 Å². The van der Waals surface area contributed by atoms with Gasteiger partial charge in [-0.2, -0.15) is 0 Å². The number of amides is 1. The highest BCUT2D eigenvalue weighted by molar-refractivity contribution is 6.15. The zero-order valence-corrected chi connectivity index (χ0v) is 21.0. The number of hydrogen-bond donors (Lipinski definition) is 3. The molecule has 1 aromatic heterocycles. The number of nitrogens with zero attached hydrogens (tertiary/aromatic N) is 2. The Balaban J connectivity index is 1.29. The van der Waals surface area contributed by atoms with Crippen LogP contribution < -0.4 is 16.0 Å². The number of allylic oxidation sites excluding steroid dienone is 1. The van der Waals surface area contributed by atoms with Crippen molar-refractivity contribution in [1.82, 2.24) is 20.2 Å². The van der Waals surface area contributed by atoms with Crippen molar-refractivity contribution in [1.29, 1.82) is 0 Å². The quantitative estimate of drug-likeness (QED) is 0.511. The van der Waals surface area contributed by atoms with E-state index in [1.165, 1.54) is 0 Å². The molecule has 180 valence electrons. The van der Waals surface area contributed by atoms with Crippen LogP contribution in [0.1, 0.15) is 81.7 Å². The van der Waals surface area contributed by atoms with E-state index in [0.29, 0.717) is 17.5 Å². The Kier molecular flexibility index (Phi) is 7.39. The van der Waals surface area contributed by atoms with Gasteiger partial charge in [-0.1, -0.05) is 33.8 Å². The van der Waals surface area contributed by atoms with E-state index < -0.39 is 5.31 Å². The van der Waals surface area contributed by atoms with Crippen molar-refractivity contribution in [2.75, 3.05) is 11.9 Å². The van der Waals surface area contributed by atoms with Crippen LogP contribution in [0.5, 0.6) is 0 Å². The van der Waals surface area contributed by atoms with Gasteiger partial charge < -0.3 is 16.0 Å². The minimum Gasteiger partial charge on any atom is -0.385 e. The highest BCUT2D eigenvalue weighted by atomic mass is 16.1. The van der Waals surface area contributed by atoms with Crippen LogP contribution in [0.2, 0.25) is 0 Å². The number of aromatic nitrogens is 2. The van der Waals surface area contributed by atoms with E-state index in [1.807, 2.05) is 38.1 Å². The summed E-state index contributed by atoms with van der Waals surface area (Å²) >= 11 is 0. The van der Waals surface area contributed by atoms with Gasteiger partial charge >= 0.3 is 0 Å². The zero-order chi connectivity index (χ0) is 24.3. The molecule has 1 aromatic carbocycles. The number of benzene rings is 1. The molecule has 3 N–H and O–H groups in total. The molecule has 1 amide bonds. The van der Waals surface area contributed by atoms with Crippen molar-refractivity contribution in [3.63, 3.8) is 0 Å². The van der Waals surface area contributed by atoms with E-state index in [2.05, 4.69) is 46.6 Å². The van der Waals surface area contributed by atoms with Crippen molar-refractivity contribution in [2.24, 2.45) is 5.92 Å². The van der Waals surface area contributed by atoms with Crippen molar-refractivity contribution in [3.05, 3.63) is 53.6 Å². The summed E-state index contributed by atoms with van der Waals surface area (Å²) in [5.41, 5.74) is 2.63. The molecule has 2 aliphatic rings. The maximum absolute atomic E-state index is 12.8. The second kappa shape index (κ2) is 10.3. The number of nitrogens with one attached hydrogen (secondary N) is 3. The number of fused-ring (bicyclic) bond motifs is 1. The third kappa shape index (κ3) is 6.05. The Labute approximate surface area is 205 Å². The molecule has 4 rings (SSSR count). The van der Waals surface area contributed by atoms with Gasteiger partial charge in [0.2, 0.25) is 0 Å². The summed E-state index contributed by atoms with van der Waals surface area (Å²) in [5.74, 6) is 2.76. The van der Waals surface area contributed by atoms with Crippen LogP contribution in [0.15, 0.2) is 36.5 Å². The molecule has 2 aromatic rings. The molecule has 2 heterocycles. The molecule has 1 saturated carbocycles. The van der Waals surface area contributed by atoms with Gasteiger partial charge in [0, 0.05) is 42.5 Å². The number of aryl methyl sites for hydroxylation is 1. The minimum atomic E-state index is -0.449. The number of carbonyl (C=O) groups is 1. The summed E-state index contributed by atoms with van der Waals surface area (Å²) in [5, 5.41) is 9.93. The van der Waals surface area contributed by atoms with Gasteiger partial charge in [-0.05, 0) is 67.6 Å². The highest BCUT2D eigenvalue weighted by Gasteiger charge is 2.26. The van der Waals surface area contributed by atoms with Crippen LogP contribution in [0.4, 0.5) is 5.69 Å². The fourth-order valence-electron chi connectivity index (χ4n) is 4.63. The van der Waals surface area contributed by atoms with Gasteiger partial charge in [0.05, 0.1) is 13.5 Å². The second-order valence-electron chi connectivity index (χ2n) is 10.8. The fraction of sp³-hybridized carbons (Fsp3) is 0.556. The van der Waals surface area contributed by atoms with E-state index in [1.54, 1.807) is 0 Å². The summed E-state index contributed by atoms with van der Waals surface area (Å²) in [7, 11) is 6.28. The average Bonchev–Trinajstić information content (AvgIpc) is 3.25. The molecule has 6 nitrogen and oxygen atoms in total. The number of carbonyl (C=O) groups excluding carboxylic acids is 1. The van der Waals surface area contributed by atoms with Crippen LogP contribution in [0.3, 0.4) is 0 Å². The van der Waals surface area contributed by atoms with Crippen LogP contribution >= 0.6 is 0 Å². The largest absolute Gasteiger partial charge is 0.385 e. The van der Waals surface area contributed by atoms with Crippen molar-refractivity contribution in [3.8, 4) is 0 Å². The van der Waals surface area contributed by atoms with Crippen LogP contribution in [0.25, 0.3) is 5.82 Å². The van der Waals surface area contributed by atoms with Gasteiger partial charge in [-0.15, -0.1) is 0 Å². The SMILES string of the molecule is [B]C(C)(C)c1cn2c(n1)CCC=C2NC1CCC(NC(=O)c2cccc(NCC(C)C)c2)CC1. The summed E-state index contributed by atoms with van der Waals surface area (Å²) in [6.45, 7) is 9.22. The zero-order valence-electron chi connectivity index (χ0n) is 21.0. The van der Waals surface area contributed by atoms with Gasteiger partial charge in [0.1, 0.15) is 11.6 Å². The van der Waals surface area contributed by atoms with Gasteiger partial charge in [-0.25, -0.2) is 4.98 Å². The number of anilines is 1. The normalized spacial score (nSPS) is 20.4. The van der Waals surface area contributed by atoms with E-state index in [4.69, 9.17) is 12.8 Å². The molecule has 0 atom stereocenters. The van der Waals surface area contributed by atoms with Gasteiger partial charge in [0.15, 0.2) is 0 Å². The molecule has 1 fully saturated rings. The van der Waals surface area contributed by atoms with Gasteiger partial charge in [0.25, 0.3) is 5.91 Å². The Morgan fingerprint density at radius 1 is 1.21 bits per heavy atom. The van der Waals surface area contributed by atoms with Crippen LogP contribution in [-0.4, -0.2) is 41.9 Å². The Morgan fingerprint density at radius 3 is 2.65 bits per heavy atom. The summed E-state index contributed by atoms with van der Waals surface area (Å²) in [6, 6.07) is 8.40. The van der Waals surface area contributed by atoms with Crippen LogP contribution in [-0.2, 0) is 11.7 Å². The molecular formula is C27H38BN5O. The molecule has 0 spiro atoms. The smallest absolute Gasteiger partial charge is 0.251 e. The lowest BCUT2D eigenvalue weighted by Crippen LogP contribution is -2.42. The van der Waals surface area contributed by atoms with E-state index in [9.17, 15) is 4.79 Å². The predicted molar refractivity (Wildman–Crippen MR) is 140 cm³/mol.